The minimum Gasteiger partial charge on any atom is -0.369 e. The van der Waals surface area contributed by atoms with Gasteiger partial charge in [-0.3, -0.25) is 5.41 Å². The van der Waals surface area contributed by atoms with Gasteiger partial charge in [-0.2, -0.15) is 5.10 Å². The number of hydrogen-bond donors (Lipinski definition) is 3. The summed E-state index contributed by atoms with van der Waals surface area (Å²) < 4.78 is 0. The van der Waals surface area contributed by atoms with E-state index in [1.807, 2.05) is 19.1 Å². The molecule has 4 N–H and O–H groups in total. The molecule has 4 nitrogen and oxygen atoms in total. The van der Waals surface area contributed by atoms with E-state index in [9.17, 15) is 0 Å². The lowest BCUT2D eigenvalue weighted by Gasteiger charge is -1.99. The standard InChI is InChI=1S/C9H11ClN4/c1-6-2-3-8(10)7(4-6)5-13-14-9(11)12/h2-5H,1H3,(H4,11,12,14)/b13-5+. The molecular formula is C9H11ClN4. The van der Waals surface area contributed by atoms with Crippen LogP contribution in [-0.4, -0.2) is 12.2 Å². The number of nitrogens with zero attached hydrogens (tertiary/aromatic N) is 1. The maximum atomic E-state index is 6.88. The highest BCUT2D eigenvalue weighted by Gasteiger charge is 1.96. The number of nitrogens with two attached hydrogens (primary N) is 1. The number of rotatable bonds is 2. The summed E-state index contributed by atoms with van der Waals surface area (Å²) in [5.41, 5.74) is 9.25. The van der Waals surface area contributed by atoms with Crippen LogP contribution in [-0.2, 0) is 0 Å². The highest BCUT2D eigenvalue weighted by molar-refractivity contribution is 6.33. The smallest absolute Gasteiger partial charge is 0.206 e. The van der Waals surface area contributed by atoms with E-state index in [-0.39, 0.29) is 5.96 Å². The second kappa shape index (κ2) is 4.62. The fraction of sp³-hybridized carbons (Fsp3) is 0.111. The zero-order valence-electron chi connectivity index (χ0n) is 7.71. The van der Waals surface area contributed by atoms with Crippen molar-refractivity contribution in [3.63, 3.8) is 0 Å². The number of benzene rings is 1. The Balaban J connectivity index is 2.80. The van der Waals surface area contributed by atoms with Crippen molar-refractivity contribution in [3.05, 3.63) is 34.3 Å². The Morgan fingerprint density at radius 2 is 2.36 bits per heavy atom. The Kier molecular flexibility index (Phi) is 3.48. The van der Waals surface area contributed by atoms with Gasteiger partial charge in [0.05, 0.1) is 6.21 Å². The first-order chi connectivity index (χ1) is 6.59. The number of aryl methyl sites for hydroxylation is 1. The lowest BCUT2D eigenvalue weighted by atomic mass is 10.1. The van der Waals surface area contributed by atoms with Gasteiger partial charge in [0.25, 0.3) is 0 Å². The van der Waals surface area contributed by atoms with Crippen molar-refractivity contribution in [3.8, 4) is 0 Å². The van der Waals surface area contributed by atoms with Crippen LogP contribution in [0.25, 0.3) is 0 Å². The molecule has 0 heterocycles. The van der Waals surface area contributed by atoms with E-state index in [0.717, 1.165) is 11.1 Å². The van der Waals surface area contributed by atoms with Crippen LogP contribution in [0.15, 0.2) is 23.3 Å². The Morgan fingerprint density at radius 1 is 1.64 bits per heavy atom. The molecule has 5 heteroatoms. The number of hydrazone groups is 1. The molecule has 0 aliphatic carbocycles. The van der Waals surface area contributed by atoms with Gasteiger partial charge in [0.2, 0.25) is 5.96 Å². The van der Waals surface area contributed by atoms with Crippen LogP contribution in [0.4, 0.5) is 0 Å². The molecule has 0 saturated heterocycles. The van der Waals surface area contributed by atoms with Crippen molar-refractivity contribution >= 4 is 23.8 Å². The van der Waals surface area contributed by atoms with Gasteiger partial charge in [0, 0.05) is 10.6 Å². The fourth-order valence-electron chi connectivity index (χ4n) is 0.933. The predicted molar refractivity (Wildman–Crippen MR) is 58.8 cm³/mol. The summed E-state index contributed by atoms with van der Waals surface area (Å²) >= 11 is 5.91. The summed E-state index contributed by atoms with van der Waals surface area (Å²) in [4.78, 5) is 0. The Bertz CT molecular complexity index is 373. The largest absolute Gasteiger partial charge is 0.369 e. The lowest BCUT2D eigenvalue weighted by Crippen LogP contribution is -2.25. The molecule has 0 saturated carbocycles. The van der Waals surface area contributed by atoms with Gasteiger partial charge in [0.15, 0.2) is 0 Å². The van der Waals surface area contributed by atoms with Crippen LogP contribution in [0.2, 0.25) is 5.02 Å². The SMILES string of the molecule is Cc1ccc(Cl)c(/C=N/NC(=N)N)c1. The lowest BCUT2D eigenvalue weighted by molar-refractivity contribution is 1.00. The maximum Gasteiger partial charge on any atom is 0.206 e. The summed E-state index contributed by atoms with van der Waals surface area (Å²) in [6, 6.07) is 5.61. The summed E-state index contributed by atoms with van der Waals surface area (Å²) in [5.74, 6) is -0.204. The van der Waals surface area contributed by atoms with Crippen LogP contribution in [0.1, 0.15) is 11.1 Å². The molecule has 0 unspecified atom stereocenters. The van der Waals surface area contributed by atoms with Gasteiger partial charge in [-0.15, -0.1) is 0 Å². The van der Waals surface area contributed by atoms with Crippen molar-refractivity contribution in [2.45, 2.75) is 6.92 Å². The van der Waals surface area contributed by atoms with E-state index in [0.29, 0.717) is 5.02 Å². The highest BCUT2D eigenvalue weighted by atomic mass is 35.5. The van der Waals surface area contributed by atoms with E-state index in [1.165, 1.54) is 6.21 Å². The van der Waals surface area contributed by atoms with Gasteiger partial charge in [-0.05, 0) is 19.1 Å². The molecule has 14 heavy (non-hydrogen) atoms. The van der Waals surface area contributed by atoms with Gasteiger partial charge in [0.1, 0.15) is 0 Å². The number of hydrogen-bond acceptors (Lipinski definition) is 2. The van der Waals surface area contributed by atoms with Crippen molar-refractivity contribution in [2.75, 3.05) is 0 Å². The average Bonchev–Trinajstić information content (AvgIpc) is 2.10. The molecular weight excluding hydrogens is 200 g/mol. The van der Waals surface area contributed by atoms with Crippen LogP contribution < -0.4 is 11.2 Å². The maximum absolute atomic E-state index is 6.88. The van der Waals surface area contributed by atoms with Crippen LogP contribution in [0.5, 0.6) is 0 Å². The fourth-order valence-corrected chi connectivity index (χ4v) is 1.10. The quantitative estimate of drug-likeness (QED) is 0.393. The number of halogens is 1. The van der Waals surface area contributed by atoms with E-state index in [2.05, 4.69) is 10.5 Å². The van der Waals surface area contributed by atoms with Crippen molar-refractivity contribution in [2.24, 2.45) is 10.8 Å². The molecule has 1 aromatic carbocycles. The minimum absolute atomic E-state index is 0.204. The molecule has 74 valence electrons. The van der Waals surface area contributed by atoms with Gasteiger partial charge >= 0.3 is 0 Å². The summed E-state index contributed by atoms with van der Waals surface area (Å²) in [6.45, 7) is 1.96. The molecule has 0 aromatic heterocycles. The Hall–Kier alpha value is -1.55. The first-order valence-electron chi connectivity index (χ1n) is 3.99. The second-order valence-corrected chi connectivity index (χ2v) is 3.22. The Morgan fingerprint density at radius 3 is 3.00 bits per heavy atom. The molecule has 1 rings (SSSR count). The average molecular weight is 211 g/mol. The third-order valence-electron chi connectivity index (χ3n) is 1.54. The zero-order chi connectivity index (χ0) is 10.6. The number of guanidine groups is 1. The van der Waals surface area contributed by atoms with E-state index >= 15 is 0 Å². The molecule has 0 spiro atoms. The van der Waals surface area contributed by atoms with Gasteiger partial charge in [-0.25, -0.2) is 5.43 Å². The van der Waals surface area contributed by atoms with Crippen molar-refractivity contribution < 1.29 is 0 Å². The molecule has 0 aliphatic rings. The Labute approximate surface area is 87.3 Å². The molecule has 0 radical (unpaired) electrons. The van der Waals surface area contributed by atoms with E-state index in [1.54, 1.807) is 6.07 Å². The van der Waals surface area contributed by atoms with Crippen molar-refractivity contribution in [1.82, 2.24) is 5.43 Å². The minimum atomic E-state index is -0.204. The third-order valence-corrected chi connectivity index (χ3v) is 1.88. The third kappa shape index (κ3) is 3.06. The summed E-state index contributed by atoms with van der Waals surface area (Å²) in [6.07, 6.45) is 1.52. The molecule has 1 aromatic rings. The van der Waals surface area contributed by atoms with Crippen LogP contribution in [0, 0.1) is 12.3 Å². The predicted octanol–water partition coefficient (Wildman–Crippen LogP) is 1.47. The highest BCUT2D eigenvalue weighted by Crippen LogP contribution is 2.14. The summed E-state index contributed by atoms with van der Waals surface area (Å²) in [5, 5.41) is 11.2. The molecule has 0 aliphatic heterocycles. The zero-order valence-corrected chi connectivity index (χ0v) is 8.47. The molecule has 0 fully saturated rings. The topological polar surface area (TPSA) is 74.3 Å². The molecule has 0 bridgehead atoms. The monoisotopic (exact) mass is 210 g/mol. The second-order valence-electron chi connectivity index (χ2n) is 2.81. The first-order valence-corrected chi connectivity index (χ1v) is 4.36. The van der Waals surface area contributed by atoms with E-state index in [4.69, 9.17) is 22.7 Å². The summed E-state index contributed by atoms with van der Waals surface area (Å²) in [7, 11) is 0. The van der Waals surface area contributed by atoms with Crippen molar-refractivity contribution in [1.29, 1.82) is 5.41 Å². The molecule has 0 atom stereocenters. The van der Waals surface area contributed by atoms with Crippen LogP contribution >= 0.6 is 11.6 Å². The van der Waals surface area contributed by atoms with Gasteiger partial charge < -0.3 is 5.73 Å². The van der Waals surface area contributed by atoms with Gasteiger partial charge in [-0.1, -0.05) is 23.2 Å². The van der Waals surface area contributed by atoms with Crippen LogP contribution in [0.3, 0.4) is 0 Å². The molecule has 0 amide bonds. The number of nitrogens with one attached hydrogen (secondary N) is 2. The normalized spacial score (nSPS) is 10.4. The van der Waals surface area contributed by atoms with E-state index < -0.39 is 0 Å². The first kappa shape index (κ1) is 10.5.